The normalized spacial score (nSPS) is 17.8. The van der Waals surface area contributed by atoms with Crippen molar-refractivity contribution in [2.75, 3.05) is 13.7 Å². The highest BCUT2D eigenvalue weighted by molar-refractivity contribution is 9.09. The van der Waals surface area contributed by atoms with Gasteiger partial charge in [-0.3, -0.25) is 4.90 Å². The summed E-state index contributed by atoms with van der Waals surface area (Å²) < 4.78 is 5.39. The van der Waals surface area contributed by atoms with E-state index in [4.69, 9.17) is 4.74 Å². The Balaban J connectivity index is 1.80. The van der Waals surface area contributed by atoms with Crippen LogP contribution in [0.4, 0.5) is 0 Å². The smallest absolute Gasteiger partial charge is 0.133 e. The number of unbranched alkanes of at least 4 members (excludes halogenated alkanes) is 1. The number of nitrogens with one attached hydrogen (secondary N) is 1. The van der Waals surface area contributed by atoms with E-state index in [1.807, 2.05) is 12.1 Å². The quantitative estimate of drug-likeness (QED) is 0.309. The van der Waals surface area contributed by atoms with Gasteiger partial charge in [0.25, 0.3) is 0 Å². The molecule has 0 spiro atoms. The van der Waals surface area contributed by atoms with Crippen molar-refractivity contribution in [3.8, 4) is 5.75 Å². The Morgan fingerprint density at radius 1 is 1.07 bits per heavy atom. The first kappa shape index (κ1) is 20.6. The molecule has 1 atom stereocenters. The zero-order valence-electron chi connectivity index (χ0n) is 17.5. The van der Waals surface area contributed by atoms with E-state index < -0.39 is 0 Å². The number of benzene rings is 2. The second-order valence-corrected chi connectivity index (χ2v) is 8.37. The molecular weight excluding hydrogens is 438 g/mol. The van der Waals surface area contributed by atoms with Crippen LogP contribution < -0.4 is 10.1 Å². The number of fused-ring (bicyclic) bond motifs is 1. The van der Waals surface area contributed by atoms with Gasteiger partial charge in [0.15, 0.2) is 0 Å². The van der Waals surface area contributed by atoms with Gasteiger partial charge in [-0.2, -0.15) is 0 Å². The first-order valence-electron chi connectivity index (χ1n) is 10.5. The van der Waals surface area contributed by atoms with Gasteiger partial charge in [-0.25, -0.2) is 0 Å². The highest BCUT2D eigenvalue weighted by Gasteiger charge is 2.38. The highest BCUT2D eigenvalue weighted by Crippen LogP contribution is 2.42. The molecule has 5 heteroatoms. The van der Waals surface area contributed by atoms with Crippen molar-refractivity contribution in [2.45, 2.75) is 31.3 Å². The van der Waals surface area contributed by atoms with Crippen molar-refractivity contribution < 1.29 is 4.74 Å². The molecule has 0 radical (unpaired) electrons. The maximum atomic E-state index is 5.39. The molecule has 2 heterocycles. The number of hydrogen-bond donors (Lipinski definition) is 1. The van der Waals surface area contributed by atoms with Crippen LogP contribution in [0.1, 0.15) is 30.9 Å². The molecule has 0 fully saturated rings. The lowest BCUT2D eigenvalue weighted by molar-refractivity contribution is 0.340. The number of ether oxygens (including phenoxy) is 1. The topological polar surface area (TPSA) is 27.7 Å². The molecule has 0 saturated carbocycles. The molecule has 0 amide bonds. The molecule has 2 aromatic rings. The largest absolute Gasteiger partial charge is 0.497 e. The van der Waals surface area contributed by atoms with Crippen molar-refractivity contribution in [3.05, 3.63) is 95.6 Å². The minimum absolute atomic E-state index is 0.107. The SMILES string of the molecule is CCCCNC1=C(c2ccc(OC)cc2)N(Cc2ccccc2)C2=CC=CC(Br)N21. The summed E-state index contributed by atoms with van der Waals surface area (Å²) in [6, 6.07) is 19.0. The lowest BCUT2D eigenvalue weighted by atomic mass is 10.1. The van der Waals surface area contributed by atoms with Crippen LogP contribution >= 0.6 is 15.9 Å². The van der Waals surface area contributed by atoms with Crippen LogP contribution in [-0.2, 0) is 6.54 Å². The Kier molecular flexibility index (Phi) is 6.48. The fourth-order valence-corrected chi connectivity index (χ4v) is 4.45. The zero-order valence-corrected chi connectivity index (χ0v) is 19.1. The van der Waals surface area contributed by atoms with Gasteiger partial charge in [0.1, 0.15) is 22.3 Å². The fraction of sp³-hybridized carbons (Fsp3) is 0.280. The van der Waals surface area contributed by atoms with E-state index in [9.17, 15) is 0 Å². The van der Waals surface area contributed by atoms with Gasteiger partial charge in [-0.15, -0.1) is 0 Å². The lowest BCUT2D eigenvalue weighted by Gasteiger charge is -2.32. The van der Waals surface area contributed by atoms with Crippen LogP contribution in [0.5, 0.6) is 5.75 Å². The van der Waals surface area contributed by atoms with E-state index in [-0.39, 0.29) is 4.95 Å². The van der Waals surface area contributed by atoms with Gasteiger partial charge in [0.2, 0.25) is 0 Å². The average Bonchev–Trinajstić information content (AvgIpc) is 3.09. The van der Waals surface area contributed by atoms with Crippen molar-refractivity contribution in [3.63, 3.8) is 0 Å². The minimum Gasteiger partial charge on any atom is -0.497 e. The second-order valence-electron chi connectivity index (χ2n) is 7.43. The van der Waals surface area contributed by atoms with Crippen LogP contribution in [0, 0.1) is 0 Å². The Bertz CT molecular complexity index is 950. The zero-order chi connectivity index (χ0) is 20.9. The van der Waals surface area contributed by atoms with Crippen molar-refractivity contribution in [1.82, 2.24) is 15.1 Å². The standard InChI is InChI=1S/C25H28BrN3O/c1-3-4-17-27-25-24(20-13-15-21(30-2)16-14-20)28(18-19-9-6-5-7-10-19)23-12-8-11-22(26)29(23)25/h5-16,22,27H,3-4,17-18H2,1-2H3. The van der Waals surface area contributed by atoms with Crippen LogP contribution in [0.15, 0.2) is 84.5 Å². The third kappa shape index (κ3) is 4.12. The molecule has 0 saturated heterocycles. The van der Waals surface area contributed by atoms with E-state index >= 15 is 0 Å². The van der Waals surface area contributed by atoms with Gasteiger partial charge in [0.05, 0.1) is 12.8 Å². The van der Waals surface area contributed by atoms with E-state index in [1.54, 1.807) is 7.11 Å². The maximum absolute atomic E-state index is 5.39. The van der Waals surface area contributed by atoms with Gasteiger partial charge in [-0.05, 0) is 42.3 Å². The van der Waals surface area contributed by atoms with Gasteiger partial charge in [0, 0.05) is 18.7 Å². The molecule has 0 bridgehead atoms. The molecule has 2 aromatic carbocycles. The summed E-state index contributed by atoms with van der Waals surface area (Å²) in [5.41, 5.74) is 3.64. The summed E-state index contributed by atoms with van der Waals surface area (Å²) in [6.45, 7) is 3.97. The number of hydrogen-bond acceptors (Lipinski definition) is 4. The summed E-state index contributed by atoms with van der Waals surface area (Å²) in [5, 5.41) is 3.73. The van der Waals surface area contributed by atoms with E-state index in [0.29, 0.717) is 0 Å². The summed E-state index contributed by atoms with van der Waals surface area (Å²) in [7, 11) is 1.70. The summed E-state index contributed by atoms with van der Waals surface area (Å²) in [4.78, 5) is 4.86. The van der Waals surface area contributed by atoms with Gasteiger partial charge >= 0.3 is 0 Å². The summed E-state index contributed by atoms with van der Waals surface area (Å²) >= 11 is 3.86. The van der Waals surface area contributed by atoms with Crippen LogP contribution in [0.25, 0.3) is 5.70 Å². The molecular formula is C25H28BrN3O. The van der Waals surface area contributed by atoms with E-state index in [0.717, 1.165) is 37.5 Å². The predicted octanol–water partition coefficient (Wildman–Crippen LogP) is 5.66. The molecule has 30 heavy (non-hydrogen) atoms. The fourth-order valence-electron chi connectivity index (χ4n) is 3.86. The maximum Gasteiger partial charge on any atom is 0.133 e. The highest BCUT2D eigenvalue weighted by atomic mass is 79.9. The Hall–Kier alpha value is -2.66. The number of halogens is 1. The molecule has 156 valence electrons. The molecule has 0 aromatic heterocycles. The molecule has 1 unspecified atom stereocenters. The van der Waals surface area contributed by atoms with Gasteiger partial charge in [-0.1, -0.05) is 71.8 Å². The summed E-state index contributed by atoms with van der Waals surface area (Å²) in [5.74, 6) is 3.18. The van der Waals surface area contributed by atoms with E-state index in [2.05, 4.69) is 98.7 Å². The van der Waals surface area contributed by atoms with Crippen LogP contribution in [0.3, 0.4) is 0 Å². The number of methoxy groups -OCH3 is 1. The molecule has 2 aliphatic heterocycles. The molecule has 1 N–H and O–H groups in total. The van der Waals surface area contributed by atoms with Crippen molar-refractivity contribution >= 4 is 21.6 Å². The van der Waals surface area contributed by atoms with Crippen molar-refractivity contribution in [2.24, 2.45) is 0 Å². The average molecular weight is 466 g/mol. The predicted molar refractivity (Wildman–Crippen MR) is 127 cm³/mol. The molecule has 4 nitrogen and oxygen atoms in total. The Morgan fingerprint density at radius 3 is 2.53 bits per heavy atom. The summed E-state index contributed by atoms with van der Waals surface area (Å²) in [6.07, 6.45) is 8.78. The lowest BCUT2D eigenvalue weighted by Crippen LogP contribution is -2.35. The first-order chi connectivity index (χ1) is 14.7. The first-order valence-corrected chi connectivity index (χ1v) is 11.4. The van der Waals surface area contributed by atoms with Crippen LogP contribution in [0.2, 0.25) is 0 Å². The van der Waals surface area contributed by atoms with Gasteiger partial charge < -0.3 is 15.0 Å². The third-order valence-electron chi connectivity index (χ3n) is 5.39. The Labute approximate surface area is 187 Å². The monoisotopic (exact) mass is 465 g/mol. The number of nitrogens with zero attached hydrogens (tertiary/aromatic N) is 2. The number of rotatable bonds is 8. The number of alkyl halides is 1. The van der Waals surface area contributed by atoms with Crippen molar-refractivity contribution in [1.29, 1.82) is 0 Å². The second kappa shape index (κ2) is 9.43. The van der Waals surface area contributed by atoms with E-state index in [1.165, 1.54) is 22.6 Å². The van der Waals surface area contributed by atoms with Crippen LogP contribution in [-0.4, -0.2) is 28.4 Å². The molecule has 4 rings (SSSR count). The third-order valence-corrected chi connectivity index (χ3v) is 6.10. The molecule has 2 aliphatic rings. The molecule has 0 aliphatic carbocycles. The minimum atomic E-state index is 0.107. The Morgan fingerprint density at radius 2 is 1.83 bits per heavy atom. The number of allylic oxidation sites excluding steroid dienone is 2.